The van der Waals surface area contributed by atoms with Crippen LogP contribution in [0.25, 0.3) is 5.65 Å². The molecule has 3 aromatic heterocycles. The van der Waals surface area contributed by atoms with Crippen molar-refractivity contribution in [2.45, 2.75) is 19.1 Å². The van der Waals surface area contributed by atoms with E-state index in [9.17, 15) is 13.2 Å². The summed E-state index contributed by atoms with van der Waals surface area (Å²) in [7, 11) is 1.59. The van der Waals surface area contributed by atoms with E-state index in [0.29, 0.717) is 23.9 Å². The molecule has 3 rings (SSSR count). The van der Waals surface area contributed by atoms with E-state index in [2.05, 4.69) is 30.8 Å². The quantitative estimate of drug-likeness (QED) is 0.521. The second-order valence-corrected chi connectivity index (χ2v) is 6.21. The molecule has 0 fully saturated rings. The van der Waals surface area contributed by atoms with Gasteiger partial charge in [-0.05, 0) is 12.1 Å². The Balaban J connectivity index is 1.50. The van der Waals surface area contributed by atoms with Crippen molar-refractivity contribution >= 4 is 22.9 Å². The molecule has 2 N–H and O–H groups in total. The number of fused-ring (bicyclic) bond motifs is 1. The average Bonchev–Trinajstić information content (AvgIpc) is 3.25. The summed E-state index contributed by atoms with van der Waals surface area (Å²) in [6, 6.07) is 5.66. The third-order valence-corrected chi connectivity index (χ3v) is 4.35. The van der Waals surface area contributed by atoms with Gasteiger partial charge in [-0.2, -0.15) is 13.2 Å². The van der Waals surface area contributed by atoms with Gasteiger partial charge in [-0.15, -0.1) is 21.5 Å². The molecule has 0 saturated carbocycles. The molecule has 11 heteroatoms. The molecular formula is C15H16F3N7S. The van der Waals surface area contributed by atoms with Crippen LogP contribution >= 0.6 is 11.3 Å². The molecule has 0 aliphatic carbocycles. The molecule has 7 nitrogen and oxygen atoms in total. The van der Waals surface area contributed by atoms with Crippen LogP contribution in [0.1, 0.15) is 16.5 Å². The van der Waals surface area contributed by atoms with Crippen molar-refractivity contribution in [2.24, 2.45) is 4.99 Å². The fourth-order valence-electron chi connectivity index (χ4n) is 2.26. The van der Waals surface area contributed by atoms with Crippen molar-refractivity contribution in [3.8, 4) is 0 Å². The summed E-state index contributed by atoms with van der Waals surface area (Å²) in [5.74, 6) is 1.28. The number of aromatic nitrogens is 4. The van der Waals surface area contributed by atoms with Crippen molar-refractivity contribution in [1.82, 2.24) is 30.2 Å². The maximum Gasteiger partial charge on any atom is 0.434 e. The van der Waals surface area contributed by atoms with Crippen molar-refractivity contribution in [2.75, 3.05) is 13.6 Å². The van der Waals surface area contributed by atoms with Crippen LogP contribution in [0.3, 0.4) is 0 Å². The molecule has 0 aliphatic heterocycles. The minimum atomic E-state index is -4.42. The zero-order chi connectivity index (χ0) is 18.6. The van der Waals surface area contributed by atoms with Gasteiger partial charge in [-0.3, -0.25) is 9.39 Å². The Labute approximate surface area is 151 Å². The minimum Gasteiger partial charge on any atom is -0.356 e. The van der Waals surface area contributed by atoms with E-state index in [1.807, 2.05) is 28.8 Å². The van der Waals surface area contributed by atoms with Crippen molar-refractivity contribution in [3.63, 3.8) is 0 Å². The molecule has 26 heavy (non-hydrogen) atoms. The lowest BCUT2D eigenvalue weighted by molar-refractivity contribution is -0.140. The van der Waals surface area contributed by atoms with Crippen LogP contribution in [0.15, 0.2) is 34.8 Å². The number of aliphatic imine (C=N–C) groups is 1. The van der Waals surface area contributed by atoms with Gasteiger partial charge < -0.3 is 10.6 Å². The number of nitrogens with zero attached hydrogens (tertiary/aromatic N) is 5. The molecule has 3 aromatic rings. The van der Waals surface area contributed by atoms with E-state index in [4.69, 9.17) is 0 Å². The highest BCUT2D eigenvalue weighted by Gasteiger charge is 2.33. The van der Waals surface area contributed by atoms with Gasteiger partial charge in [0.15, 0.2) is 17.3 Å². The lowest BCUT2D eigenvalue weighted by Gasteiger charge is -2.10. The van der Waals surface area contributed by atoms with Crippen LogP contribution < -0.4 is 10.6 Å². The fraction of sp³-hybridized carbons (Fsp3) is 0.333. The summed E-state index contributed by atoms with van der Waals surface area (Å²) in [5.41, 5.74) is -0.102. The normalized spacial score (nSPS) is 12.5. The first-order valence-corrected chi connectivity index (χ1v) is 8.60. The number of thiazole rings is 1. The van der Waals surface area contributed by atoms with E-state index < -0.39 is 11.9 Å². The Morgan fingerprint density at radius 3 is 2.85 bits per heavy atom. The molecule has 0 aromatic carbocycles. The molecular weight excluding hydrogens is 367 g/mol. The highest BCUT2D eigenvalue weighted by atomic mass is 32.1. The number of halogens is 3. The molecule has 0 atom stereocenters. The summed E-state index contributed by atoms with van der Waals surface area (Å²) >= 11 is 0.954. The van der Waals surface area contributed by atoms with Crippen LogP contribution in [0.2, 0.25) is 0 Å². The standard InChI is InChI=1S/C15H16F3N7S/c1-19-14(21-8-13-22-10(9-26-13)15(16,17)18)20-6-5-12-24-23-11-4-2-3-7-25(11)12/h2-4,7,9H,5-6,8H2,1H3,(H2,19,20,21). The zero-order valence-electron chi connectivity index (χ0n) is 13.8. The number of guanidine groups is 1. The molecule has 0 unspecified atom stereocenters. The molecule has 0 aliphatic rings. The van der Waals surface area contributed by atoms with Crippen molar-refractivity contribution in [1.29, 1.82) is 0 Å². The van der Waals surface area contributed by atoms with Gasteiger partial charge in [0, 0.05) is 31.6 Å². The first-order valence-electron chi connectivity index (χ1n) is 7.72. The smallest absolute Gasteiger partial charge is 0.356 e. The van der Waals surface area contributed by atoms with Gasteiger partial charge in [0.05, 0.1) is 6.54 Å². The van der Waals surface area contributed by atoms with Crippen LogP contribution in [0.4, 0.5) is 13.2 Å². The van der Waals surface area contributed by atoms with Gasteiger partial charge in [0.25, 0.3) is 0 Å². The van der Waals surface area contributed by atoms with Gasteiger partial charge >= 0.3 is 6.18 Å². The Hall–Kier alpha value is -2.69. The average molecular weight is 383 g/mol. The number of hydrogen-bond donors (Lipinski definition) is 2. The van der Waals surface area contributed by atoms with E-state index in [1.54, 1.807) is 7.05 Å². The Morgan fingerprint density at radius 2 is 2.12 bits per heavy atom. The maximum atomic E-state index is 12.6. The van der Waals surface area contributed by atoms with Gasteiger partial charge in [0.2, 0.25) is 0 Å². The predicted molar refractivity (Wildman–Crippen MR) is 92.0 cm³/mol. The van der Waals surface area contributed by atoms with Crippen LogP contribution in [0, 0.1) is 0 Å². The number of rotatable bonds is 5. The molecule has 0 saturated heterocycles. The SMILES string of the molecule is CN=C(NCCc1nnc2ccccn12)NCc1nc(C(F)(F)F)cs1. The lowest BCUT2D eigenvalue weighted by Crippen LogP contribution is -2.38. The molecule has 3 heterocycles. The van der Waals surface area contributed by atoms with E-state index in [0.717, 1.165) is 28.2 Å². The van der Waals surface area contributed by atoms with Gasteiger partial charge in [0.1, 0.15) is 10.8 Å². The first-order chi connectivity index (χ1) is 12.5. The third-order valence-electron chi connectivity index (χ3n) is 3.50. The van der Waals surface area contributed by atoms with Crippen molar-refractivity contribution in [3.05, 3.63) is 46.3 Å². The highest BCUT2D eigenvalue weighted by molar-refractivity contribution is 7.09. The summed E-state index contributed by atoms with van der Waals surface area (Å²) in [4.78, 5) is 7.62. The number of alkyl halides is 3. The molecule has 0 radical (unpaired) electrons. The lowest BCUT2D eigenvalue weighted by atomic mass is 10.4. The van der Waals surface area contributed by atoms with E-state index >= 15 is 0 Å². The second kappa shape index (κ2) is 7.68. The molecule has 0 spiro atoms. The summed E-state index contributed by atoms with van der Waals surface area (Å²) in [6.07, 6.45) is -1.92. The number of pyridine rings is 1. The first kappa shape index (κ1) is 18.1. The summed E-state index contributed by atoms with van der Waals surface area (Å²) in [6.45, 7) is 0.704. The Bertz CT molecular complexity index is 900. The molecule has 138 valence electrons. The fourth-order valence-corrected chi connectivity index (χ4v) is 3.00. The van der Waals surface area contributed by atoms with E-state index in [-0.39, 0.29) is 6.54 Å². The highest BCUT2D eigenvalue weighted by Crippen LogP contribution is 2.29. The third kappa shape index (κ3) is 4.28. The summed E-state index contributed by atoms with van der Waals surface area (Å²) < 4.78 is 39.6. The number of nitrogens with one attached hydrogen (secondary N) is 2. The molecule has 0 amide bonds. The van der Waals surface area contributed by atoms with Crippen LogP contribution in [0.5, 0.6) is 0 Å². The second-order valence-electron chi connectivity index (χ2n) is 5.27. The molecule has 0 bridgehead atoms. The van der Waals surface area contributed by atoms with Gasteiger partial charge in [-0.25, -0.2) is 4.98 Å². The van der Waals surface area contributed by atoms with Crippen LogP contribution in [-0.2, 0) is 19.1 Å². The van der Waals surface area contributed by atoms with Gasteiger partial charge in [-0.1, -0.05) is 6.07 Å². The topological polar surface area (TPSA) is 79.5 Å². The summed E-state index contributed by atoms with van der Waals surface area (Å²) in [5, 5.41) is 15.6. The van der Waals surface area contributed by atoms with E-state index in [1.165, 1.54) is 0 Å². The Kier molecular flexibility index (Phi) is 5.35. The number of hydrogen-bond acceptors (Lipinski definition) is 5. The van der Waals surface area contributed by atoms with Crippen LogP contribution in [-0.4, -0.2) is 39.1 Å². The minimum absolute atomic E-state index is 0.161. The monoisotopic (exact) mass is 383 g/mol. The maximum absolute atomic E-state index is 12.6. The predicted octanol–water partition coefficient (Wildman–Crippen LogP) is 2.11. The largest absolute Gasteiger partial charge is 0.434 e. The Morgan fingerprint density at radius 1 is 1.27 bits per heavy atom. The van der Waals surface area contributed by atoms with Crippen molar-refractivity contribution < 1.29 is 13.2 Å². The zero-order valence-corrected chi connectivity index (χ0v) is 14.6.